The van der Waals surface area contributed by atoms with Crippen LogP contribution in [-0.2, 0) is 0 Å². The lowest BCUT2D eigenvalue weighted by Crippen LogP contribution is -2.28. The summed E-state index contributed by atoms with van der Waals surface area (Å²) in [5, 5.41) is 26.4. The van der Waals surface area contributed by atoms with Crippen molar-refractivity contribution in [3.63, 3.8) is 0 Å². The van der Waals surface area contributed by atoms with Crippen molar-refractivity contribution >= 4 is 46.6 Å². The molecular weight excluding hydrogens is 496 g/mol. The van der Waals surface area contributed by atoms with E-state index in [1.807, 2.05) is 150 Å². The second kappa shape index (κ2) is 14.1. The van der Waals surface area contributed by atoms with Gasteiger partial charge < -0.3 is 0 Å². The van der Waals surface area contributed by atoms with Gasteiger partial charge in [-0.15, -0.1) is 0 Å². The van der Waals surface area contributed by atoms with Gasteiger partial charge >= 0.3 is 0 Å². The Balaban J connectivity index is 1.77. The number of hydrogen-bond acceptors (Lipinski definition) is 8. The van der Waals surface area contributed by atoms with Gasteiger partial charge in [0, 0.05) is 28.2 Å². The summed E-state index contributed by atoms with van der Waals surface area (Å²) in [5.74, 6) is 0. The summed E-state index contributed by atoms with van der Waals surface area (Å²) in [6.45, 7) is 0. The molecule has 0 atom stereocenters. The third-order valence-electron chi connectivity index (χ3n) is 6.00. The summed E-state index contributed by atoms with van der Waals surface area (Å²) < 4.78 is 0. The summed E-state index contributed by atoms with van der Waals surface area (Å²) in [5.41, 5.74) is 4.82. The molecule has 0 fully saturated rings. The largest absolute Gasteiger partial charge is 0.269 e. The average molecular weight is 531 g/mol. The molecule has 0 heterocycles. The zero-order valence-electron chi connectivity index (χ0n) is 23.3. The van der Waals surface area contributed by atoms with Crippen LogP contribution >= 0.6 is 0 Å². The Labute approximate surface area is 236 Å². The predicted octanol–water partition coefficient (Wildman–Crippen LogP) is 6.22. The standard InChI is InChI=1S/C32H34N8/c1-37(27-17-9-5-10-18-27)33-25-31(35-39(3)29-21-13-7-14-22-29)32(36-40(4)30-23-15-8-16-24-30)26-34-38(2)28-19-11-6-12-20-28/h5-26H,1-4H3/b33-25+,34-26+,35-31+,36-32+. The van der Waals surface area contributed by atoms with Crippen LogP contribution in [0.2, 0.25) is 0 Å². The van der Waals surface area contributed by atoms with Crippen molar-refractivity contribution in [2.24, 2.45) is 20.4 Å². The highest BCUT2D eigenvalue weighted by molar-refractivity contribution is 6.75. The maximum Gasteiger partial charge on any atom is 0.133 e. The molecular formula is C32H34N8. The topological polar surface area (TPSA) is 62.4 Å². The summed E-state index contributed by atoms with van der Waals surface area (Å²) in [6, 6.07) is 39.7. The minimum Gasteiger partial charge on any atom is -0.269 e. The number of para-hydroxylation sites is 4. The molecule has 0 aromatic heterocycles. The van der Waals surface area contributed by atoms with E-state index in [-0.39, 0.29) is 0 Å². The highest BCUT2D eigenvalue weighted by Gasteiger charge is 2.12. The lowest BCUT2D eigenvalue weighted by molar-refractivity contribution is 1.01. The SMILES string of the molecule is CN(/N=C/C(=N\N(C)c1ccccc1)C(/C=N/N(C)c1ccccc1)=N/N(C)c1ccccc1)c1ccccc1. The lowest BCUT2D eigenvalue weighted by atomic mass is 10.2. The second-order valence-electron chi connectivity index (χ2n) is 8.90. The summed E-state index contributed by atoms with van der Waals surface area (Å²) >= 11 is 0. The van der Waals surface area contributed by atoms with E-state index in [9.17, 15) is 0 Å². The molecule has 8 nitrogen and oxygen atoms in total. The molecule has 0 N–H and O–H groups in total. The highest BCUT2D eigenvalue weighted by Crippen LogP contribution is 2.15. The Morgan fingerprint density at radius 1 is 0.400 bits per heavy atom. The van der Waals surface area contributed by atoms with Crippen molar-refractivity contribution in [2.45, 2.75) is 0 Å². The zero-order valence-corrected chi connectivity index (χ0v) is 23.3. The fourth-order valence-electron chi connectivity index (χ4n) is 3.72. The Morgan fingerprint density at radius 3 is 0.925 bits per heavy atom. The highest BCUT2D eigenvalue weighted by atomic mass is 15.5. The van der Waals surface area contributed by atoms with Crippen LogP contribution in [0.1, 0.15) is 0 Å². The maximum absolute atomic E-state index is 4.92. The Kier molecular flexibility index (Phi) is 9.77. The van der Waals surface area contributed by atoms with E-state index >= 15 is 0 Å². The van der Waals surface area contributed by atoms with Gasteiger partial charge in [0.25, 0.3) is 0 Å². The molecule has 0 bridgehead atoms. The first-order valence-corrected chi connectivity index (χ1v) is 12.9. The van der Waals surface area contributed by atoms with Crippen LogP contribution in [0.25, 0.3) is 0 Å². The molecule has 202 valence electrons. The zero-order chi connectivity index (χ0) is 28.2. The number of benzene rings is 4. The van der Waals surface area contributed by atoms with Crippen LogP contribution in [0.3, 0.4) is 0 Å². The number of nitrogens with zero attached hydrogens (tertiary/aromatic N) is 8. The number of hydrazone groups is 4. The lowest BCUT2D eigenvalue weighted by Gasteiger charge is -2.18. The van der Waals surface area contributed by atoms with Crippen molar-refractivity contribution in [1.29, 1.82) is 0 Å². The number of rotatable bonds is 11. The van der Waals surface area contributed by atoms with Crippen LogP contribution in [0, 0.1) is 0 Å². The van der Waals surface area contributed by atoms with Gasteiger partial charge in [-0.3, -0.25) is 20.0 Å². The predicted molar refractivity (Wildman–Crippen MR) is 171 cm³/mol. The van der Waals surface area contributed by atoms with Gasteiger partial charge in [0.2, 0.25) is 0 Å². The van der Waals surface area contributed by atoms with Gasteiger partial charge in [-0.25, -0.2) is 0 Å². The van der Waals surface area contributed by atoms with Crippen molar-refractivity contribution < 1.29 is 0 Å². The molecule has 40 heavy (non-hydrogen) atoms. The van der Waals surface area contributed by atoms with E-state index in [0.29, 0.717) is 11.4 Å². The molecule has 4 aromatic rings. The first-order chi connectivity index (χ1) is 19.5. The van der Waals surface area contributed by atoms with Gasteiger partial charge in [0.1, 0.15) is 11.4 Å². The molecule has 0 amide bonds. The smallest absolute Gasteiger partial charge is 0.133 e. The van der Waals surface area contributed by atoms with E-state index in [1.54, 1.807) is 32.5 Å². The molecule has 0 radical (unpaired) electrons. The van der Waals surface area contributed by atoms with Gasteiger partial charge in [-0.1, -0.05) is 72.8 Å². The maximum atomic E-state index is 4.92. The van der Waals surface area contributed by atoms with Crippen LogP contribution in [0.5, 0.6) is 0 Å². The van der Waals surface area contributed by atoms with Gasteiger partial charge in [0.05, 0.1) is 35.2 Å². The van der Waals surface area contributed by atoms with E-state index in [2.05, 4.69) is 0 Å². The van der Waals surface area contributed by atoms with Crippen LogP contribution in [0.4, 0.5) is 22.7 Å². The monoisotopic (exact) mass is 530 g/mol. The third kappa shape index (κ3) is 7.88. The second-order valence-corrected chi connectivity index (χ2v) is 8.90. The van der Waals surface area contributed by atoms with Crippen molar-refractivity contribution in [1.82, 2.24) is 0 Å². The molecule has 4 aromatic carbocycles. The van der Waals surface area contributed by atoms with E-state index < -0.39 is 0 Å². The summed E-state index contributed by atoms with van der Waals surface area (Å²) in [7, 11) is 7.59. The van der Waals surface area contributed by atoms with Gasteiger partial charge in [0.15, 0.2) is 0 Å². The van der Waals surface area contributed by atoms with E-state index in [4.69, 9.17) is 20.4 Å². The van der Waals surface area contributed by atoms with E-state index in [0.717, 1.165) is 22.7 Å². The molecule has 0 aliphatic carbocycles. The minimum absolute atomic E-state index is 0.530. The fourth-order valence-corrected chi connectivity index (χ4v) is 3.72. The summed E-state index contributed by atoms with van der Waals surface area (Å²) in [6.07, 6.45) is 3.41. The molecule has 8 heteroatoms. The van der Waals surface area contributed by atoms with Crippen LogP contribution in [0.15, 0.2) is 142 Å². The minimum atomic E-state index is 0.530. The molecule has 0 spiro atoms. The van der Waals surface area contributed by atoms with Crippen molar-refractivity contribution in [3.05, 3.63) is 121 Å². The first-order valence-electron chi connectivity index (χ1n) is 12.9. The Bertz CT molecular complexity index is 1320. The molecule has 0 saturated carbocycles. The number of hydrogen-bond donors (Lipinski definition) is 0. The molecule has 0 unspecified atom stereocenters. The molecule has 4 rings (SSSR count). The fraction of sp³-hybridized carbons (Fsp3) is 0.125. The number of anilines is 4. The molecule has 0 aliphatic heterocycles. The quantitative estimate of drug-likeness (QED) is 0.171. The van der Waals surface area contributed by atoms with Gasteiger partial charge in [-0.2, -0.15) is 20.4 Å². The Morgan fingerprint density at radius 2 is 0.650 bits per heavy atom. The summed E-state index contributed by atoms with van der Waals surface area (Å²) in [4.78, 5) is 0. The molecule has 0 saturated heterocycles. The molecule has 0 aliphatic rings. The van der Waals surface area contributed by atoms with Crippen LogP contribution in [-0.4, -0.2) is 52.0 Å². The normalized spacial score (nSPS) is 12.1. The van der Waals surface area contributed by atoms with E-state index in [1.165, 1.54) is 0 Å². The van der Waals surface area contributed by atoms with Gasteiger partial charge in [-0.05, 0) is 48.5 Å². The average Bonchev–Trinajstić information content (AvgIpc) is 3.02. The van der Waals surface area contributed by atoms with Crippen molar-refractivity contribution in [2.75, 3.05) is 48.2 Å². The van der Waals surface area contributed by atoms with Crippen LogP contribution < -0.4 is 20.0 Å². The first kappa shape index (κ1) is 27.8. The third-order valence-corrected chi connectivity index (χ3v) is 6.00. The Hall–Kier alpha value is -5.24. The van der Waals surface area contributed by atoms with Crippen molar-refractivity contribution in [3.8, 4) is 0 Å².